The van der Waals surface area contributed by atoms with E-state index in [9.17, 15) is 12.8 Å². The number of nitrogens with one attached hydrogen (secondary N) is 1. The molecule has 2 rings (SSSR count). The predicted molar refractivity (Wildman–Crippen MR) is 80.9 cm³/mol. The molecule has 0 spiro atoms. The van der Waals surface area contributed by atoms with E-state index in [0.29, 0.717) is 6.54 Å². The number of primary sulfonamides is 1. The Labute approximate surface area is 123 Å². The number of nitrogens with two attached hydrogens (primary N) is 1. The van der Waals surface area contributed by atoms with Gasteiger partial charge in [-0.2, -0.15) is 0 Å². The van der Waals surface area contributed by atoms with Crippen molar-refractivity contribution < 1.29 is 12.8 Å². The molecule has 0 amide bonds. The molecule has 0 fully saturated rings. The Hall–Kier alpha value is -1.92. The summed E-state index contributed by atoms with van der Waals surface area (Å²) in [6, 6.07) is 11.5. The molecule has 0 radical (unpaired) electrons. The molecule has 0 heterocycles. The summed E-state index contributed by atoms with van der Waals surface area (Å²) >= 11 is 0. The monoisotopic (exact) mass is 308 g/mol. The molecule has 0 aliphatic heterocycles. The number of sulfonamides is 1. The molecule has 0 aromatic heterocycles. The Balaban J connectivity index is 2.17. The van der Waals surface area contributed by atoms with E-state index in [2.05, 4.69) is 12.2 Å². The third-order valence-corrected chi connectivity index (χ3v) is 4.15. The number of aryl methyl sites for hydroxylation is 1. The topological polar surface area (TPSA) is 72.2 Å². The number of rotatable bonds is 5. The Morgan fingerprint density at radius 1 is 1.14 bits per heavy atom. The lowest BCUT2D eigenvalue weighted by Crippen LogP contribution is -2.13. The van der Waals surface area contributed by atoms with Crippen molar-refractivity contribution in [2.45, 2.75) is 24.8 Å². The number of hydrogen-bond donors (Lipinski definition) is 2. The average molecular weight is 308 g/mol. The van der Waals surface area contributed by atoms with Crippen LogP contribution >= 0.6 is 0 Å². The first-order valence-electron chi connectivity index (χ1n) is 6.55. The van der Waals surface area contributed by atoms with Crippen LogP contribution in [-0.4, -0.2) is 8.42 Å². The number of benzene rings is 2. The molecule has 2 aromatic carbocycles. The third-order valence-electron chi connectivity index (χ3n) is 3.24. The van der Waals surface area contributed by atoms with Gasteiger partial charge >= 0.3 is 0 Å². The second-order valence-corrected chi connectivity index (χ2v) is 6.22. The quantitative estimate of drug-likeness (QED) is 0.892. The van der Waals surface area contributed by atoms with Gasteiger partial charge in [-0.3, -0.25) is 0 Å². The van der Waals surface area contributed by atoms with E-state index >= 15 is 0 Å². The van der Waals surface area contributed by atoms with Gasteiger partial charge in [-0.15, -0.1) is 0 Å². The van der Waals surface area contributed by atoms with Gasteiger partial charge in [-0.25, -0.2) is 17.9 Å². The van der Waals surface area contributed by atoms with Crippen molar-refractivity contribution in [2.75, 3.05) is 5.32 Å². The van der Waals surface area contributed by atoms with Gasteiger partial charge in [0.15, 0.2) is 0 Å². The van der Waals surface area contributed by atoms with E-state index < -0.39 is 15.8 Å². The Morgan fingerprint density at radius 3 is 2.38 bits per heavy atom. The highest BCUT2D eigenvalue weighted by Crippen LogP contribution is 2.19. The molecule has 2 aromatic rings. The van der Waals surface area contributed by atoms with E-state index in [1.165, 1.54) is 17.7 Å². The molecule has 112 valence electrons. The van der Waals surface area contributed by atoms with Crippen LogP contribution in [-0.2, 0) is 23.0 Å². The van der Waals surface area contributed by atoms with Crippen LogP contribution in [0.4, 0.5) is 10.1 Å². The van der Waals surface area contributed by atoms with E-state index in [-0.39, 0.29) is 10.6 Å². The van der Waals surface area contributed by atoms with Crippen molar-refractivity contribution in [1.29, 1.82) is 0 Å². The van der Waals surface area contributed by atoms with Crippen LogP contribution in [0.15, 0.2) is 47.4 Å². The van der Waals surface area contributed by atoms with Crippen molar-refractivity contribution >= 4 is 15.7 Å². The number of anilines is 1. The minimum Gasteiger partial charge on any atom is -0.379 e. The fraction of sp³-hybridized carbons (Fsp3) is 0.200. The highest BCUT2D eigenvalue weighted by Gasteiger charge is 2.11. The minimum absolute atomic E-state index is 0.237. The summed E-state index contributed by atoms with van der Waals surface area (Å²) in [5, 5.41) is 7.94. The molecule has 0 bridgehead atoms. The van der Waals surface area contributed by atoms with Gasteiger partial charge in [-0.1, -0.05) is 31.2 Å². The van der Waals surface area contributed by atoms with E-state index in [1.54, 1.807) is 0 Å². The van der Waals surface area contributed by atoms with Gasteiger partial charge in [0.1, 0.15) is 5.82 Å². The van der Waals surface area contributed by atoms with Crippen molar-refractivity contribution in [1.82, 2.24) is 0 Å². The van der Waals surface area contributed by atoms with E-state index in [4.69, 9.17) is 5.14 Å². The van der Waals surface area contributed by atoms with Gasteiger partial charge in [0.25, 0.3) is 0 Å². The average Bonchev–Trinajstić information content (AvgIpc) is 2.45. The first-order valence-corrected chi connectivity index (χ1v) is 8.09. The molecule has 0 saturated heterocycles. The summed E-state index contributed by atoms with van der Waals surface area (Å²) in [6.45, 7) is 2.52. The fourth-order valence-electron chi connectivity index (χ4n) is 2.08. The minimum atomic E-state index is -3.89. The van der Waals surface area contributed by atoms with Crippen LogP contribution in [0.25, 0.3) is 0 Å². The fourth-order valence-corrected chi connectivity index (χ4v) is 2.61. The molecule has 3 N–H and O–H groups in total. The highest BCUT2D eigenvalue weighted by atomic mass is 32.2. The maximum absolute atomic E-state index is 13.9. The van der Waals surface area contributed by atoms with E-state index in [0.717, 1.165) is 18.1 Å². The predicted octanol–water partition coefficient (Wildman–Crippen LogP) is 2.65. The van der Waals surface area contributed by atoms with Crippen molar-refractivity contribution in [3.8, 4) is 0 Å². The zero-order chi connectivity index (χ0) is 15.5. The summed E-state index contributed by atoms with van der Waals surface area (Å²) < 4.78 is 36.2. The molecule has 0 atom stereocenters. The molecular weight excluding hydrogens is 291 g/mol. The second kappa shape index (κ2) is 6.24. The number of hydrogen-bond acceptors (Lipinski definition) is 3. The lowest BCUT2D eigenvalue weighted by Gasteiger charge is -2.11. The maximum Gasteiger partial charge on any atom is 0.238 e. The van der Waals surface area contributed by atoms with Gasteiger partial charge < -0.3 is 5.32 Å². The van der Waals surface area contributed by atoms with Crippen molar-refractivity contribution in [3.05, 3.63) is 59.4 Å². The van der Waals surface area contributed by atoms with Crippen LogP contribution in [0.1, 0.15) is 18.1 Å². The van der Waals surface area contributed by atoms with Gasteiger partial charge in [0.05, 0.1) is 10.6 Å². The first kappa shape index (κ1) is 15.5. The lowest BCUT2D eigenvalue weighted by molar-refractivity contribution is 0.593. The van der Waals surface area contributed by atoms with E-state index in [1.807, 2.05) is 24.3 Å². The summed E-state index contributed by atoms with van der Waals surface area (Å²) in [5.41, 5.74) is 2.51. The maximum atomic E-state index is 13.9. The molecular formula is C15H17FN2O2S. The highest BCUT2D eigenvalue weighted by molar-refractivity contribution is 7.89. The summed E-state index contributed by atoms with van der Waals surface area (Å²) in [4.78, 5) is -0.237. The normalized spacial score (nSPS) is 11.4. The summed E-state index contributed by atoms with van der Waals surface area (Å²) in [7, 11) is -3.89. The van der Waals surface area contributed by atoms with Crippen LogP contribution in [0, 0.1) is 5.82 Å². The first-order chi connectivity index (χ1) is 9.91. The molecule has 0 aliphatic rings. The van der Waals surface area contributed by atoms with Gasteiger partial charge in [-0.05, 0) is 35.7 Å². The molecule has 4 nitrogen and oxygen atoms in total. The van der Waals surface area contributed by atoms with Crippen molar-refractivity contribution in [3.63, 3.8) is 0 Å². The Bertz CT molecular complexity index is 745. The Morgan fingerprint density at radius 2 is 1.81 bits per heavy atom. The zero-order valence-corrected chi connectivity index (χ0v) is 12.5. The molecule has 21 heavy (non-hydrogen) atoms. The number of halogens is 1. The SMILES string of the molecule is CCc1ccccc1CNc1ccc(S(N)(=O)=O)cc1F. The van der Waals surface area contributed by atoms with Crippen LogP contribution in [0.5, 0.6) is 0 Å². The largest absolute Gasteiger partial charge is 0.379 e. The van der Waals surface area contributed by atoms with Gasteiger partial charge in [0, 0.05) is 6.54 Å². The molecule has 0 unspecified atom stereocenters. The zero-order valence-electron chi connectivity index (χ0n) is 11.6. The third kappa shape index (κ3) is 3.80. The lowest BCUT2D eigenvalue weighted by atomic mass is 10.1. The molecule has 0 saturated carbocycles. The summed E-state index contributed by atoms with van der Waals surface area (Å²) in [6.07, 6.45) is 0.894. The molecule has 6 heteroatoms. The van der Waals surface area contributed by atoms with Crippen LogP contribution in [0.3, 0.4) is 0 Å². The standard InChI is InChI=1S/C15H17FN2O2S/c1-2-11-5-3-4-6-12(11)10-18-15-8-7-13(9-14(15)16)21(17,19)20/h3-9,18H,2,10H2,1H3,(H2,17,19,20). The second-order valence-electron chi connectivity index (χ2n) is 4.66. The van der Waals surface area contributed by atoms with Gasteiger partial charge in [0.2, 0.25) is 10.0 Å². The van der Waals surface area contributed by atoms with Crippen LogP contribution < -0.4 is 10.5 Å². The van der Waals surface area contributed by atoms with Crippen molar-refractivity contribution in [2.24, 2.45) is 5.14 Å². The van der Waals surface area contributed by atoms with Crippen LogP contribution in [0.2, 0.25) is 0 Å². The smallest absolute Gasteiger partial charge is 0.238 e. The molecule has 0 aliphatic carbocycles. The Kier molecular flexibility index (Phi) is 4.59. The summed E-state index contributed by atoms with van der Waals surface area (Å²) in [5.74, 6) is -0.643.